The maximum atomic E-state index is 12.2. The molecule has 0 saturated heterocycles. The van der Waals surface area contributed by atoms with Gasteiger partial charge in [-0.2, -0.15) is 4.79 Å². The van der Waals surface area contributed by atoms with E-state index in [1.807, 2.05) is 0 Å². The van der Waals surface area contributed by atoms with Crippen molar-refractivity contribution >= 4 is 17.8 Å². The average Bonchev–Trinajstić information content (AvgIpc) is 2.91. The Bertz CT molecular complexity index is 638. The summed E-state index contributed by atoms with van der Waals surface area (Å²) in [4.78, 5) is 27.1. The predicted molar refractivity (Wildman–Crippen MR) is 90.3 cm³/mol. The second-order valence-corrected chi connectivity index (χ2v) is 9.29. The second-order valence-electron chi connectivity index (χ2n) is 9.29. The summed E-state index contributed by atoms with van der Waals surface area (Å²) in [6.45, 7) is 4.68. The topological polar surface area (TPSA) is 70.5 Å². The Kier molecular flexibility index (Phi) is 3.62. The normalized spacial score (nSPS) is 50.5. The minimum atomic E-state index is 0.0426. The summed E-state index contributed by atoms with van der Waals surface area (Å²) >= 11 is 0. The van der Waals surface area contributed by atoms with E-state index in [2.05, 4.69) is 18.6 Å². The molecule has 0 aromatic carbocycles. The Morgan fingerprint density at radius 2 is 1.79 bits per heavy atom. The molecule has 0 bridgehead atoms. The molecule has 0 spiro atoms. The Labute approximate surface area is 144 Å². The zero-order valence-electron chi connectivity index (χ0n) is 14.8. The van der Waals surface area contributed by atoms with Gasteiger partial charge in [-0.3, -0.25) is 4.79 Å². The first-order chi connectivity index (χ1) is 11.5. The molecule has 4 fully saturated rings. The number of aldehydes is 1. The lowest BCUT2D eigenvalue weighted by atomic mass is 9.44. The standard InChI is InChI=1S/C20H28N2O2/c1-19-9-7-15-13(14(19)5-3-12(19)11-23)4-6-16-18(22-21)17(24)8-10-20(15,16)2/h11-16H,3-10H2,1-2H3/t12-,13+,14+,15+,16+,19-,20-/m1/s1. The molecule has 0 amide bonds. The van der Waals surface area contributed by atoms with Crippen molar-refractivity contribution in [3.8, 4) is 0 Å². The zero-order valence-corrected chi connectivity index (χ0v) is 14.8. The van der Waals surface area contributed by atoms with Gasteiger partial charge in [-0.1, -0.05) is 13.8 Å². The number of carbonyl (C=O) groups is 2. The van der Waals surface area contributed by atoms with Crippen molar-refractivity contribution in [3.63, 3.8) is 0 Å². The molecule has 4 aliphatic carbocycles. The molecule has 4 heteroatoms. The number of Topliss-reactive ketones (excluding diaryl/α,β-unsaturated/α-hetero) is 1. The van der Waals surface area contributed by atoms with Crippen molar-refractivity contribution < 1.29 is 14.4 Å². The van der Waals surface area contributed by atoms with Gasteiger partial charge >= 0.3 is 5.71 Å². The predicted octanol–water partition coefficient (Wildman–Crippen LogP) is 3.69. The van der Waals surface area contributed by atoms with Crippen LogP contribution >= 0.6 is 0 Å². The van der Waals surface area contributed by atoms with Crippen molar-refractivity contribution in [2.75, 3.05) is 0 Å². The van der Waals surface area contributed by atoms with E-state index in [0.29, 0.717) is 29.9 Å². The van der Waals surface area contributed by atoms with Gasteiger partial charge in [-0.05, 0) is 73.5 Å². The van der Waals surface area contributed by atoms with E-state index in [-0.39, 0.29) is 28.4 Å². The molecule has 0 unspecified atom stereocenters. The fourth-order valence-corrected chi connectivity index (χ4v) is 7.36. The van der Waals surface area contributed by atoms with Crippen LogP contribution < -0.4 is 0 Å². The van der Waals surface area contributed by atoms with Crippen LogP contribution in [0.15, 0.2) is 0 Å². The minimum absolute atomic E-state index is 0.0426. The Morgan fingerprint density at radius 1 is 1.04 bits per heavy atom. The average molecular weight is 328 g/mol. The van der Waals surface area contributed by atoms with Crippen LogP contribution in [0.4, 0.5) is 0 Å². The van der Waals surface area contributed by atoms with Crippen LogP contribution in [0.25, 0.3) is 5.53 Å². The van der Waals surface area contributed by atoms with E-state index in [9.17, 15) is 15.1 Å². The molecule has 7 atom stereocenters. The van der Waals surface area contributed by atoms with Gasteiger partial charge in [-0.15, -0.1) is 0 Å². The van der Waals surface area contributed by atoms with E-state index in [1.165, 1.54) is 12.7 Å². The number of nitrogens with zero attached hydrogens (tertiary/aromatic N) is 2. The molecular formula is C20H28N2O2. The fourth-order valence-electron chi connectivity index (χ4n) is 7.36. The maximum Gasteiger partial charge on any atom is 0.337 e. The first-order valence-electron chi connectivity index (χ1n) is 9.66. The van der Waals surface area contributed by atoms with Crippen molar-refractivity contribution in [1.82, 2.24) is 0 Å². The van der Waals surface area contributed by atoms with Crippen molar-refractivity contribution in [3.05, 3.63) is 5.53 Å². The van der Waals surface area contributed by atoms with Gasteiger partial charge in [0, 0.05) is 12.3 Å². The van der Waals surface area contributed by atoms with Crippen molar-refractivity contribution in [2.24, 2.45) is 40.4 Å². The Morgan fingerprint density at radius 3 is 2.50 bits per heavy atom. The Balaban J connectivity index is 1.68. The molecule has 4 rings (SSSR count). The van der Waals surface area contributed by atoms with Crippen molar-refractivity contribution in [1.29, 1.82) is 0 Å². The first-order valence-corrected chi connectivity index (χ1v) is 9.66. The van der Waals surface area contributed by atoms with Gasteiger partial charge in [0.15, 0.2) is 0 Å². The molecule has 4 nitrogen and oxygen atoms in total. The molecule has 0 heterocycles. The summed E-state index contributed by atoms with van der Waals surface area (Å²) < 4.78 is 0. The number of carbonyl (C=O) groups excluding carboxylic acids is 2. The fraction of sp³-hybridized carbons (Fsp3) is 0.850. The van der Waals surface area contributed by atoms with E-state index < -0.39 is 0 Å². The van der Waals surface area contributed by atoms with Gasteiger partial charge in [0.25, 0.3) is 0 Å². The first kappa shape index (κ1) is 16.2. The monoisotopic (exact) mass is 328 g/mol. The summed E-state index contributed by atoms with van der Waals surface area (Å²) in [5.41, 5.74) is 10.1. The van der Waals surface area contributed by atoms with Gasteiger partial charge in [0.05, 0.1) is 5.92 Å². The van der Waals surface area contributed by atoms with Gasteiger partial charge < -0.3 is 10.3 Å². The molecule has 130 valence electrons. The molecule has 4 aliphatic rings. The van der Waals surface area contributed by atoms with Crippen LogP contribution in [-0.4, -0.2) is 22.6 Å². The molecule has 0 aromatic rings. The smallest absolute Gasteiger partial charge is 0.337 e. The van der Waals surface area contributed by atoms with Crippen LogP contribution in [0.3, 0.4) is 0 Å². The number of hydrogen-bond donors (Lipinski definition) is 0. The lowest BCUT2D eigenvalue weighted by Gasteiger charge is -2.58. The molecule has 0 aromatic heterocycles. The highest BCUT2D eigenvalue weighted by molar-refractivity contribution is 6.39. The molecule has 0 N–H and O–H groups in total. The summed E-state index contributed by atoms with van der Waals surface area (Å²) in [6, 6.07) is 0. The molecule has 0 aliphatic heterocycles. The third-order valence-corrected chi connectivity index (χ3v) is 8.72. The lowest BCUT2D eigenvalue weighted by molar-refractivity contribution is -0.134. The SMILES string of the molecule is C[C@]12CCC(=O)C(=[N+]=[N-])[C@@H]1CC[C@@H]1[C@@H]2CC[C@]2(C)[C@@H](C=O)CC[C@@H]12. The highest BCUT2D eigenvalue weighted by atomic mass is 16.1. The molecule has 4 saturated carbocycles. The second kappa shape index (κ2) is 5.36. The highest BCUT2D eigenvalue weighted by Crippen LogP contribution is 2.66. The zero-order chi connectivity index (χ0) is 17.1. The minimum Gasteiger partial charge on any atom is -0.361 e. The molecule has 24 heavy (non-hydrogen) atoms. The summed E-state index contributed by atoms with van der Waals surface area (Å²) in [7, 11) is 0. The maximum absolute atomic E-state index is 12.2. The van der Waals surface area contributed by atoms with E-state index in [0.717, 1.165) is 38.5 Å². The molecule has 0 radical (unpaired) electrons. The molecular weight excluding hydrogens is 300 g/mol. The van der Waals surface area contributed by atoms with Crippen LogP contribution in [0.1, 0.15) is 65.2 Å². The van der Waals surface area contributed by atoms with Gasteiger partial charge in [0.1, 0.15) is 6.29 Å². The lowest BCUT2D eigenvalue weighted by Crippen LogP contribution is -2.56. The third kappa shape index (κ3) is 1.92. The largest absolute Gasteiger partial charge is 0.361 e. The van der Waals surface area contributed by atoms with E-state index >= 15 is 0 Å². The van der Waals surface area contributed by atoms with Gasteiger partial charge in [-0.25, -0.2) is 0 Å². The Hall–Kier alpha value is -1.28. The third-order valence-electron chi connectivity index (χ3n) is 8.72. The van der Waals surface area contributed by atoms with Crippen LogP contribution in [0.2, 0.25) is 0 Å². The summed E-state index contributed by atoms with van der Waals surface area (Å²) in [5.74, 6) is 2.32. The van der Waals surface area contributed by atoms with Gasteiger partial charge in [0.2, 0.25) is 5.78 Å². The van der Waals surface area contributed by atoms with Crippen LogP contribution in [-0.2, 0) is 9.59 Å². The summed E-state index contributed by atoms with van der Waals surface area (Å²) in [6.07, 6.45) is 9.25. The number of hydrogen-bond acceptors (Lipinski definition) is 2. The van der Waals surface area contributed by atoms with Crippen molar-refractivity contribution in [2.45, 2.75) is 65.2 Å². The quantitative estimate of drug-likeness (QED) is 0.418. The number of fused-ring (bicyclic) bond motifs is 5. The van der Waals surface area contributed by atoms with E-state index in [1.54, 1.807) is 0 Å². The summed E-state index contributed by atoms with van der Waals surface area (Å²) in [5, 5.41) is 0. The van der Waals surface area contributed by atoms with E-state index in [4.69, 9.17) is 0 Å². The van der Waals surface area contributed by atoms with Crippen LogP contribution in [0.5, 0.6) is 0 Å². The highest BCUT2D eigenvalue weighted by Gasteiger charge is 2.62. The number of rotatable bonds is 1. The number of ketones is 1. The van der Waals surface area contributed by atoms with Crippen LogP contribution in [0, 0.1) is 40.4 Å².